The smallest absolute Gasteiger partial charge is 0.358 e. The van der Waals surface area contributed by atoms with E-state index in [1.54, 1.807) is 6.92 Å². The van der Waals surface area contributed by atoms with Crippen LogP contribution in [0, 0.1) is 0 Å². The molecule has 1 rings (SSSR count). The van der Waals surface area contributed by atoms with Crippen LogP contribution < -0.4 is 11.3 Å². The molecular weight excluding hydrogens is 174 g/mol. The molecule has 1 aromatic rings. The zero-order chi connectivity index (χ0) is 10.0. The van der Waals surface area contributed by atoms with Gasteiger partial charge in [0.05, 0.1) is 7.11 Å². The van der Waals surface area contributed by atoms with Crippen molar-refractivity contribution < 1.29 is 9.53 Å². The lowest BCUT2D eigenvalue weighted by Crippen LogP contribution is -2.17. The van der Waals surface area contributed by atoms with Crippen molar-refractivity contribution in [3.8, 4) is 0 Å². The first-order valence-corrected chi connectivity index (χ1v) is 3.78. The van der Waals surface area contributed by atoms with E-state index in [0.29, 0.717) is 6.54 Å². The summed E-state index contributed by atoms with van der Waals surface area (Å²) in [5.74, 6) is -0.637. The lowest BCUT2D eigenvalue weighted by Gasteiger charge is -1.95. The number of nitrogens with zero attached hydrogens (tertiary/aromatic N) is 1. The minimum Gasteiger partial charge on any atom is -0.464 e. The largest absolute Gasteiger partial charge is 0.464 e. The second-order valence-corrected chi connectivity index (χ2v) is 2.44. The lowest BCUT2D eigenvalue weighted by atomic mass is 10.4. The number of anilines is 1. The highest BCUT2D eigenvalue weighted by Crippen LogP contribution is 2.03. The first-order chi connectivity index (χ1) is 6.11. The molecule has 0 saturated heterocycles. The number of hydrogen-bond acceptors (Lipinski definition) is 4. The molecule has 0 aromatic carbocycles. The van der Waals surface area contributed by atoms with Crippen molar-refractivity contribution in [1.82, 2.24) is 9.78 Å². The fourth-order valence-corrected chi connectivity index (χ4v) is 0.979. The van der Waals surface area contributed by atoms with E-state index in [0.717, 1.165) is 0 Å². The Bertz CT molecular complexity index is 377. The van der Waals surface area contributed by atoms with E-state index in [9.17, 15) is 9.59 Å². The maximum Gasteiger partial charge on any atom is 0.358 e. The molecular formula is C7H11N3O3. The monoisotopic (exact) mass is 185 g/mol. The number of methoxy groups -OCH3 is 1. The number of nitrogen functional groups attached to an aromatic ring is 1. The third-order valence-electron chi connectivity index (χ3n) is 1.70. The highest BCUT2D eigenvalue weighted by atomic mass is 16.5. The molecule has 1 heterocycles. The van der Waals surface area contributed by atoms with Crippen LogP contribution in [0.1, 0.15) is 17.4 Å². The standard InChI is InChI=1S/C7H11N3O3/c1-3-10-6(11)4(8)5(9-10)7(12)13-2/h9H,3,8H2,1-2H3. The van der Waals surface area contributed by atoms with Gasteiger partial charge >= 0.3 is 5.97 Å². The van der Waals surface area contributed by atoms with Crippen molar-refractivity contribution >= 4 is 11.7 Å². The number of nitrogens with two attached hydrogens (primary N) is 1. The van der Waals surface area contributed by atoms with Gasteiger partial charge in [0.1, 0.15) is 5.69 Å². The van der Waals surface area contributed by atoms with Crippen LogP contribution in [0.4, 0.5) is 5.69 Å². The predicted octanol–water partition coefficient (Wildman–Crippen LogP) is -0.435. The minimum atomic E-state index is -0.637. The van der Waals surface area contributed by atoms with E-state index in [1.807, 2.05) is 0 Å². The van der Waals surface area contributed by atoms with Crippen molar-refractivity contribution in [1.29, 1.82) is 0 Å². The van der Waals surface area contributed by atoms with Gasteiger partial charge in [0.2, 0.25) is 0 Å². The highest BCUT2D eigenvalue weighted by molar-refractivity contribution is 5.92. The van der Waals surface area contributed by atoms with Crippen molar-refractivity contribution in [2.75, 3.05) is 12.8 Å². The Labute approximate surface area is 74.3 Å². The Morgan fingerprint density at radius 2 is 2.31 bits per heavy atom. The Kier molecular flexibility index (Phi) is 2.41. The molecule has 13 heavy (non-hydrogen) atoms. The summed E-state index contributed by atoms with van der Waals surface area (Å²) in [4.78, 5) is 22.3. The number of carbonyl (C=O) groups excluding carboxylic acids is 1. The van der Waals surface area contributed by atoms with Crippen molar-refractivity contribution in [3.05, 3.63) is 16.0 Å². The maximum absolute atomic E-state index is 11.2. The number of aryl methyl sites for hydroxylation is 1. The van der Waals surface area contributed by atoms with Crippen LogP contribution in [0.15, 0.2) is 4.79 Å². The molecule has 0 aliphatic carbocycles. The molecule has 0 radical (unpaired) electrons. The summed E-state index contributed by atoms with van der Waals surface area (Å²) in [5.41, 5.74) is 4.90. The third-order valence-corrected chi connectivity index (χ3v) is 1.70. The van der Waals surface area contributed by atoms with Crippen LogP contribution in [0.3, 0.4) is 0 Å². The van der Waals surface area contributed by atoms with E-state index in [1.165, 1.54) is 11.8 Å². The van der Waals surface area contributed by atoms with Crippen LogP contribution in [0.5, 0.6) is 0 Å². The van der Waals surface area contributed by atoms with Gasteiger partial charge in [-0.25, -0.2) is 4.79 Å². The molecule has 0 saturated carbocycles. The van der Waals surface area contributed by atoms with E-state index in [-0.39, 0.29) is 11.4 Å². The first kappa shape index (κ1) is 9.37. The fraction of sp³-hybridized carbons (Fsp3) is 0.429. The molecule has 0 unspecified atom stereocenters. The number of esters is 1. The zero-order valence-corrected chi connectivity index (χ0v) is 7.46. The van der Waals surface area contributed by atoms with Gasteiger partial charge in [-0.15, -0.1) is 0 Å². The van der Waals surface area contributed by atoms with Crippen LogP contribution in [0.25, 0.3) is 0 Å². The average molecular weight is 185 g/mol. The average Bonchev–Trinajstić information content (AvgIpc) is 2.43. The summed E-state index contributed by atoms with van der Waals surface area (Å²) >= 11 is 0. The number of H-pyrrole nitrogens is 1. The summed E-state index contributed by atoms with van der Waals surface area (Å²) in [6.45, 7) is 2.19. The van der Waals surface area contributed by atoms with Gasteiger partial charge in [-0.05, 0) is 6.92 Å². The van der Waals surface area contributed by atoms with Crippen LogP contribution in [-0.2, 0) is 11.3 Å². The van der Waals surface area contributed by atoms with Gasteiger partial charge in [-0.1, -0.05) is 0 Å². The Balaban J connectivity index is 3.25. The summed E-state index contributed by atoms with van der Waals surface area (Å²) in [7, 11) is 1.23. The number of aromatic amines is 1. The second-order valence-electron chi connectivity index (χ2n) is 2.44. The molecule has 0 bridgehead atoms. The van der Waals surface area contributed by atoms with Crippen molar-refractivity contribution in [3.63, 3.8) is 0 Å². The Hall–Kier alpha value is -1.72. The van der Waals surface area contributed by atoms with Crippen LogP contribution in [0.2, 0.25) is 0 Å². The van der Waals surface area contributed by atoms with E-state index in [2.05, 4.69) is 9.84 Å². The summed E-state index contributed by atoms with van der Waals surface area (Å²) in [6, 6.07) is 0. The van der Waals surface area contributed by atoms with Gasteiger partial charge in [0.15, 0.2) is 5.69 Å². The minimum absolute atomic E-state index is 0.00866. The predicted molar refractivity (Wildman–Crippen MR) is 46.5 cm³/mol. The molecule has 0 atom stereocenters. The summed E-state index contributed by atoms with van der Waals surface area (Å²) in [6.07, 6.45) is 0. The quantitative estimate of drug-likeness (QED) is 0.611. The van der Waals surface area contributed by atoms with E-state index >= 15 is 0 Å². The lowest BCUT2D eigenvalue weighted by molar-refractivity contribution is 0.0594. The molecule has 0 spiro atoms. The van der Waals surface area contributed by atoms with E-state index in [4.69, 9.17) is 5.73 Å². The third kappa shape index (κ3) is 1.42. The number of carbonyl (C=O) groups is 1. The number of aromatic nitrogens is 2. The van der Waals surface area contributed by atoms with Crippen LogP contribution >= 0.6 is 0 Å². The maximum atomic E-state index is 11.2. The summed E-state index contributed by atoms with van der Waals surface area (Å²) < 4.78 is 5.67. The number of hydrogen-bond donors (Lipinski definition) is 2. The number of rotatable bonds is 2. The molecule has 0 aliphatic heterocycles. The van der Waals surface area contributed by atoms with Crippen LogP contribution in [-0.4, -0.2) is 22.9 Å². The SMILES string of the molecule is CCn1[nH]c(C(=O)OC)c(N)c1=O. The molecule has 1 aromatic heterocycles. The Morgan fingerprint density at radius 1 is 1.69 bits per heavy atom. The van der Waals surface area contributed by atoms with Gasteiger partial charge in [-0.2, -0.15) is 0 Å². The fourth-order valence-electron chi connectivity index (χ4n) is 0.979. The molecule has 6 nitrogen and oxygen atoms in total. The summed E-state index contributed by atoms with van der Waals surface area (Å²) in [5, 5.41) is 2.55. The molecule has 0 fully saturated rings. The molecule has 6 heteroatoms. The van der Waals surface area contributed by atoms with Gasteiger partial charge < -0.3 is 10.5 Å². The number of ether oxygens (including phenoxy) is 1. The molecule has 72 valence electrons. The first-order valence-electron chi connectivity index (χ1n) is 3.78. The van der Waals surface area contributed by atoms with E-state index < -0.39 is 11.5 Å². The molecule has 3 N–H and O–H groups in total. The highest BCUT2D eigenvalue weighted by Gasteiger charge is 2.17. The second kappa shape index (κ2) is 3.34. The van der Waals surface area contributed by atoms with Crippen molar-refractivity contribution in [2.45, 2.75) is 13.5 Å². The Morgan fingerprint density at radius 3 is 2.69 bits per heavy atom. The molecule has 0 aliphatic rings. The normalized spacial score (nSPS) is 10.0. The van der Waals surface area contributed by atoms with Gasteiger partial charge in [-0.3, -0.25) is 14.6 Å². The van der Waals surface area contributed by atoms with Gasteiger partial charge in [0, 0.05) is 6.54 Å². The zero-order valence-electron chi connectivity index (χ0n) is 7.46. The molecule has 0 amide bonds. The topological polar surface area (TPSA) is 90.1 Å². The van der Waals surface area contributed by atoms with Crippen molar-refractivity contribution in [2.24, 2.45) is 0 Å². The number of nitrogens with one attached hydrogen (secondary N) is 1. The van der Waals surface area contributed by atoms with Gasteiger partial charge in [0.25, 0.3) is 5.56 Å².